The highest BCUT2D eigenvalue weighted by atomic mass is 32.1. The number of nitrogens with zero attached hydrogens (tertiary/aromatic N) is 3. The van der Waals surface area contributed by atoms with Gasteiger partial charge in [-0.15, -0.1) is 0 Å². The number of thiazole rings is 1. The van der Waals surface area contributed by atoms with Crippen molar-refractivity contribution in [2.45, 2.75) is 19.9 Å². The van der Waals surface area contributed by atoms with Gasteiger partial charge in [-0.25, -0.2) is 4.98 Å². The van der Waals surface area contributed by atoms with Gasteiger partial charge in [0, 0.05) is 19.1 Å². The predicted molar refractivity (Wildman–Crippen MR) is 68.5 cm³/mol. The Bertz CT molecular complexity index is 338. The third-order valence-corrected chi connectivity index (χ3v) is 3.34. The van der Waals surface area contributed by atoms with Gasteiger partial charge in [0.1, 0.15) is 0 Å². The number of anilines is 1. The topological polar surface area (TPSA) is 36.4 Å². The van der Waals surface area contributed by atoms with Crippen molar-refractivity contribution in [2.24, 2.45) is 0 Å². The van der Waals surface area contributed by atoms with Crippen LogP contribution in [0, 0.1) is 0 Å². The zero-order valence-corrected chi connectivity index (χ0v) is 11.1. The van der Waals surface area contributed by atoms with E-state index in [-0.39, 0.29) is 0 Å². The van der Waals surface area contributed by atoms with E-state index in [0.29, 0.717) is 10.9 Å². The Morgan fingerprint density at radius 2 is 2.25 bits per heavy atom. The molecule has 1 aromatic heterocycles. The largest absolute Gasteiger partial charge is 0.344 e. The van der Waals surface area contributed by atoms with Crippen molar-refractivity contribution in [3.63, 3.8) is 0 Å². The van der Waals surface area contributed by atoms with E-state index < -0.39 is 0 Å². The Hall–Kier alpha value is -0.940. The van der Waals surface area contributed by atoms with E-state index in [0.717, 1.165) is 24.5 Å². The standard InChI is InChI=1S/C11H19N3OS/c1-5-14(9(2)7-13(3)4)11-12-6-10(8-15)16-11/h6,8-9H,5,7H2,1-4H3. The highest BCUT2D eigenvalue weighted by Crippen LogP contribution is 2.23. The summed E-state index contributed by atoms with van der Waals surface area (Å²) in [5.74, 6) is 0. The Morgan fingerprint density at radius 3 is 2.69 bits per heavy atom. The van der Waals surface area contributed by atoms with Gasteiger partial charge >= 0.3 is 0 Å². The van der Waals surface area contributed by atoms with Crippen molar-refractivity contribution in [3.05, 3.63) is 11.1 Å². The van der Waals surface area contributed by atoms with Crippen LogP contribution in [0.5, 0.6) is 0 Å². The van der Waals surface area contributed by atoms with Crippen molar-refractivity contribution in [3.8, 4) is 0 Å². The van der Waals surface area contributed by atoms with Gasteiger partial charge in [0.2, 0.25) is 0 Å². The predicted octanol–water partition coefficient (Wildman–Crippen LogP) is 1.73. The van der Waals surface area contributed by atoms with Gasteiger partial charge in [-0.05, 0) is 27.9 Å². The van der Waals surface area contributed by atoms with E-state index in [1.165, 1.54) is 11.3 Å². The van der Waals surface area contributed by atoms with Crippen LogP contribution in [0.15, 0.2) is 6.20 Å². The van der Waals surface area contributed by atoms with Gasteiger partial charge in [-0.1, -0.05) is 11.3 Å². The molecule has 0 saturated carbocycles. The van der Waals surface area contributed by atoms with Gasteiger partial charge in [-0.2, -0.15) is 0 Å². The molecule has 4 nitrogen and oxygen atoms in total. The monoisotopic (exact) mass is 241 g/mol. The van der Waals surface area contributed by atoms with E-state index in [2.05, 4.69) is 42.7 Å². The summed E-state index contributed by atoms with van der Waals surface area (Å²) in [4.78, 5) is 20.0. The summed E-state index contributed by atoms with van der Waals surface area (Å²) in [6.45, 7) is 6.16. The SMILES string of the molecule is CCN(c1ncc(C=O)s1)C(C)CN(C)C. The first-order chi connectivity index (χ1) is 7.58. The van der Waals surface area contributed by atoms with Crippen LogP contribution in [-0.4, -0.2) is 49.4 Å². The maximum Gasteiger partial charge on any atom is 0.186 e. The lowest BCUT2D eigenvalue weighted by atomic mass is 10.3. The molecule has 0 N–H and O–H groups in total. The van der Waals surface area contributed by atoms with Crippen LogP contribution in [0.2, 0.25) is 0 Å². The van der Waals surface area contributed by atoms with Gasteiger partial charge in [-0.3, -0.25) is 4.79 Å². The maximum absolute atomic E-state index is 10.6. The van der Waals surface area contributed by atoms with Crippen LogP contribution >= 0.6 is 11.3 Å². The molecule has 1 unspecified atom stereocenters. The third kappa shape index (κ3) is 3.28. The molecular formula is C11H19N3OS. The van der Waals surface area contributed by atoms with Crippen molar-refractivity contribution in [1.29, 1.82) is 0 Å². The molecule has 5 heteroatoms. The quantitative estimate of drug-likeness (QED) is 0.711. The second kappa shape index (κ2) is 5.96. The number of rotatable bonds is 6. The number of likely N-dealkylation sites (N-methyl/N-ethyl adjacent to an activating group) is 2. The summed E-state index contributed by atoms with van der Waals surface area (Å²) in [5.41, 5.74) is 0. The highest BCUT2D eigenvalue weighted by molar-refractivity contribution is 7.17. The van der Waals surface area contributed by atoms with E-state index in [9.17, 15) is 4.79 Å². The summed E-state index contributed by atoms with van der Waals surface area (Å²) >= 11 is 1.45. The molecule has 16 heavy (non-hydrogen) atoms. The van der Waals surface area contributed by atoms with Crippen molar-refractivity contribution < 1.29 is 4.79 Å². The van der Waals surface area contributed by atoms with Crippen LogP contribution in [-0.2, 0) is 0 Å². The van der Waals surface area contributed by atoms with E-state index in [4.69, 9.17) is 0 Å². The molecule has 90 valence electrons. The van der Waals surface area contributed by atoms with Gasteiger partial charge in [0.05, 0.1) is 11.1 Å². The Labute approximate surface area is 101 Å². The van der Waals surface area contributed by atoms with Crippen molar-refractivity contribution >= 4 is 22.8 Å². The van der Waals surface area contributed by atoms with Crippen molar-refractivity contribution in [1.82, 2.24) is 9.88 Å². The Morgan fingerprint density at radius 1 is 1.56 bits per heavy atom. The number of carbonyl (C=O) groups is 1. The minimum Gasteiger partial charge on any atom is -0.344 e. The minimum absolute atomic E-state index is 0.394. The number of hydrogen-bond acceptors (Lipinski definition) is 5. The van der Waals surface area contributed by atoms with Crippen LogP contribution in [0.1, 0.15) is 23.5 Å². The third-order valence-electron chi connectivity index (χ3n) is 2.38. The summed E-state index contributed by atoms with van der Waals surface area (Å²) < 4.78 is 0. The molecule has 0 saturated heterocycles. The van der Waals surface area contributed by atoms with Gasteiger partial charge in [0.15, 0.2) is 11.4 Å². The first kappa shape index (κ1) is 13.1. The fourth-order valence-electron chi connectivity index (χ4n) is 1.73. The zero-order valence-electron chi connectivity index (χ0n) is 10.3. The summed E-state index contributed by atoms with van der Waals surface area (Å²) in [7, 11) is 4.12. The average Bonchev–Trinajstić information content (AvgIpc) is 2.66. The Kier molecular flexibility index (Phi) is 4.89. The molecule has 1 atom stereocenters. The first-order valence-corrected chi connectivity index (χ1v) is 6.22. The lowest BCUT2D eigenvalue weighted by Gasteiger charge is -2.29. The normalized spacial score (nSPS) is 12.8. The van der Waals surface area contributed by atoms with Gasteiger partial charge < -0.3 is 9.80 Å². The van der Waals surface area contributed by atoms with Crippen LogP contribution in [0.3, 0.4) is 0 Å². The molecule has 1 heterocycles. The lowest BCUT2D eigenvalue weighted by molar-refractivity contribution is 0.112. The average molecular weight is 241 g/mol. The molecule has 0 aliphatic carbocycles. The molecule has 0 fully saturated rings. The molecule has 0 amide bonds. The summed E-state index contributed by atoms with van der Waals surface area (Å²) in [6.07, 6.45) is 2.49. The fraction of sp³-hybridized carbons (Fsp3) is 0.636. The van der Waals surface area contributed by atoms with Crippen LogP contribution in [0.25, 0.3) is 0 Å². The smallest absolute Gasteiger partial charge is 0.186 e. The van der Waals surface area contributed by atoms with E-state index >= 15 is 0 Å². The van der Waals surface area contributed by atoms with E-state index in [1.54, 1.807) is 6.20 Å². The molecule has 0 radical (unpaired) electrons. The Balaban J connectivity index is 2.76. The number of aldehydes is 1. The highest BCUT2D eigenvalue weighted by Gasteiger charge is 2.16. The summed E-state index contributed by atoms with van der Waals surface area (Å²) in [6, 6.07) is 0.394. The molecule has 0 spiro atoms. The second-order valence-corrected chi connectivity index (χ2v) is 5.10. The fourth-order valence-corrected chi connectivity index (χ4v) is 2.62. The molecular weight excluding hydrogens is 222 g/mol. The minimum atomic E-state index is 0.394. The van der Waals surface area contributed by atoms with Gasteiger partial charge in [0.25, 0.3) is 0 Å². The van der Waals surface area contributed by atoms with Crippen LogP contribution in [0.4, 0.5) is 5.13 Å². The maximum atomic E-state index is 10.6. The second-order valence-electron chi connectivity index (χ2n) is 4.06. The number of carbonyl (C=O) groups excluding carboxylic acids is 1. The summed E-state index contributed by atoms with van der Waals surface area (Å²) in [5, 5.41) is 0.930. The molecule has 1 rings (SSSR count). The number of aromatic nitrogens is 1. The first-order valence-electron chi connectivity index (χ1n) is 5.40. The molecule has 0 aliphatic rings. The number of hydrogen-bond donors (Lipinski definition) is 0. The lowest BCUT2D eigenvalue weighted by Crippen LogP contribution is -2.40. The molecule has 0 aromatic carbocycles. The van der Waals surface area contributed by atoms with Crippen LogP contribution < -0.4 is 4.90 Å². The zero-order chi connectivity index (χ0) is 12.1. The molecule has 0 bridgehead atoms. The molecule has 1 aromatic rings. The molecule has 0 aliphatic heterocycles. The van der Waals surface area contributed by atoms with Crippen molar-refractivity contribution in [2.75, 3.05) is 32.1 Å². The van der Waals surface area contributed by atoms with E-state index in [1.807, 2.05) is 0 Å².